The van der Waals surface area contributed by atoms with E-state index >= 15 is 0 Å². The first-order valence-electron chi connectivity index (χ1n) is 5.72. The molecule has 0 aliphatic heterocycles. The fraction of sp³-hybridized carbons (Fsp3) is 0.750. The first-order chi connectivity index (χ1) is 7.15. The summed E-state index contributed by atoms with van der Waals surface area (Å²) in [5.74, 6) is 1.21. The Kier molecular flexibility index (Phi) is 5.37. The van der Waals surface area contributed by atoms with Crippen LogP contribution in [0.15, 0.2) is 10.2 Å². The van der Waals surface area contributed by atoms with E-state index in [1.54, 1.807) is 0 Å². The molecule has 0 radical (unpaired) electrons. The van der Waals surface area contributed by atoms with Crippen molar-refractivity contribution in [3.8, 4) is 0 Å². The van der Waals surface area contributed by atoms with Gasteiger partial charge in [-0.1, -0.05) is 35.7 Å². The van der Waals surface area contributed by atoms with Crippen LogP contribution in [0.4, 0.5) is 0 Å². The number of unbranched alkanes of at least 4 members (excludes halogenated alkanes) is 1. The molecule has 1 atom stereocenters. The molecule has 1 aliphatic carbocycles. The summed E-state index contributed by atoms with van der Waals surface area (Å²) in [6, 6.07) is 0. The van der Waals surface area contributed by atoms with E-state index in [1.807, 2.05) is 0 Å². The monoisotopic (exact) mass is 274 g/mol. The van der Waals surface area contributed by atoms with Gasteiger partial charge in [-0.05, 0) is 25.2 Å². The number of esters is 1. The van der Waals surface area contributed by atoms with Crippen molar-refractivity contribution in [1.82, 2.24) is 0 Å². The van der Waals surface area contributed by atoms with Crippen LogP contribution in [0.2, 0.25) is 0 Å². The van der Waals surface area contributed by atoms with Crippen molar-refractivity contribution < 1.29 is 9.53 Å². The zero-order chi connectivity index (χ0) is 11.3. The second kappa shape index (κ2) is 6.31. The number of carbonyl (C=O) groups excluding carboxylic acids is 1. The lowest BCUT2D eigenvalue weighted by Gasteiger charge is -2.24. The molecule has 0 amide bonds. The average Bonchev–Trinajstić information content (AvgIpc) is 2.19. The predicted octanol–water partition coefficient (Wildman–Crippen LogP) is 4.15. The standard InChI is InChI=1S/C12H19BrO2/c1-3-4-6-10-7-5-8-11(12(10)13)15-9(2)14/h10H,3-8H2,1-2H3. The Morgan fingerprint density at radius 1 is 1.60 bits per heavy atom. The molecule has 0 heterocycles. The van der Waals surface area contributed by atoms with Gasteiger partial charge in [-0.2, -0.15) is 0 Å². The molecule has 3 heteroatoms. The van der Waals surface area contributed by atoms with Crippen LogP contribution in [0.1, 0.15) is 52.4 Å². The maximum absolute atomic E-state index is 10.9. The molecule has 0 saturated carbocycles. The zero-order valence-corrected chi connectivity index (χ0v) is 11.1. The molecule has 0 aromatic heterocycles. The average molecular weight is 275 g/mol. The molecule has 15 heavy (non-hydrogen) atoms. The normalized spacial score (nSPS) is 21.7. The number of ether oxygens (including phenoxy) is 1. The fourth-order valence-electron chi connectivity index (χ4n) is 1.98. The molecule has 0 bridgehead atoms. The fourth-order valence-corrected chi connectivity index (χ4v) is 2.71. The quantitative estimate of drug-likeness (QED) is 0.720. The Morgan fingerprint density at radius 3 is 2.93 bits per heavy atom. The van der Waals surface area contributed by atoms with Gasteiger partial charge in [-0.3, -0.25) is 4.79 Å². The topological polar surface area (TPSA) is 26.3 Å². The van der Waals surface area contributed by atoms with Gasteiger partial charge in [-0.15, -0.1) is 0 Å². The van der Waals surface area contributed by atoms with Crippen molar-refractivity contribution >= 4 is 21.9 Å². The second-order valence-electron chi connectivity index (χ2n) is 4.10. The Bertz CT molecular complexity index is 258. The van der Waals surface area contributed by atoms with Crippen LogP contribution in [0.25, 0.3) is 0 Å². The van der Waals surface area contributed by atoms with E-state index < -0.39 is 0 Å². The van der Waals surface area contributed by atoms with Crippen molar-refractivity contribution in [3.63, 3.8) is 0 Å². The minimum atomic E-state index is -0.210. The molecule has 2 nitrogen and oxygen atoms in total. The Balaban J connectivity index is 2.62. The number of allylic oxidation sites excluding steroid dienone is 2. The lowest BCUT2D eigenvalue weighted by Crippen LogP contribution is -2.12. The minimum Gasteiger partial charge on any atom is -0.430 e. The Hall–Kier alpha value is -0.310. The van der Waals surface area contributed by atoms with Gasteiger partial charge in [0.1, 0.15) is 5.76 Å². The maximum atomic E-state index is 10.9. The first kappa shape index (κ1) is 12.8. The van der Waals surface area contributed by atoms with Crippen LogP contribution in [-0.4, -0.2) is 5.97 Å². The Morgan fingerprint density at radius 2 is 2.33 bits per heavy atom. The summed E-state index contributed by atoms with van der Waals surface area (Å²) in [4.78, 5) is 10.9. The van der Waals surface area contributed by atoms with Gasteiger partial charge in [0.2, 0.25) is 0 Å². The van der Waals surface area contributed by atoms with Gasteiger partial charge < -0.3 is 4.74 Å². The highest BCUT2D eigenvalue weighted by Crippen LogP contribution is 2.37. The molecular formula is C12H19BrO2. The summed E-state index contributed by atoms with van der Waals surface area (Å²) in [5, 5.41) is 0. The van der Waals surface area contributed by atoms with Gasteiger partial charge in [0.15, 0.2) is 0 Å². The molecule has 1 aliphatic rings. The van der Waals surface area contributed by atoms with E-state index in [2.05, 4.69) is 22.9 Å². The largest absolute Gasteiger partial charge is 0.430 e. The highest BCUT2D eigenvalue weighted by molar-refractivity contribution is 9.11. The Labute approximate surface area is 100 Å². The molecule has 1 rings (SSSR count). The van der Waals surface area contributed by atoms with E-state index in [-0.39, 0.29) is 5.97 Å². The summed E-state index contributed by atoms with van der Waals surface area (Å²) < 4.78 is 6.33. The van der Waals surface area contributed by atoms with Crippen LogP contribution in [0.3, 0.4) is 0 Å². The van der Waals surface area contributed by atoms with Crippen LogP contribution in [0, 0.1) is 5.92 Å². The zero-order valence-electron chi connectivity index (χ0n) is 9.51. The number of hydrogen-bond donors (Lipinski definition) is 0. The molecule has 86 valence electrons. The van der Waals surface area contributed by atoms with Crippen molar-refractivity contribution in [2.45, 2.75) is 52.4 Å². The van der Waals surface area contributed by atoms with Gasteiger partial charge in [-0.25, -0.2) is 0 Å². The van der Waals surface area contributed by atoms with E-state index in [0.29, 0.717) is 5.92 Å². The number of rotatable bonds is 4. The van der Waals surface area contributed by atoms with E-state index in [4.69, 9.17) is 4.74 Å². The molecule has 0 N–H and O–H groups in total. The summed E-state index contributed by atoms with van der Waals surface area (Å²) in [5.41, 5.74) is 0. The molecule has 0 saturated heterocycles. The van der Waals surface area contributed by atoms with Crippen molar-refractivity contribution in [3.05, 3.63) is 10.2 Å². The van der Waals surface area contributed by atoms with E-state index in [1.165, 1.54) is 32.6 Å². The first-order valence-corrected chi connectivity index (χ1v) is 6.51. The van der Waals surface area contributed by atoms with Crippen LogP contribution in [-0.2, 0) is 9.53 Å². The number of hydrogen-bond acceptors (Lipinski definition) is 2. The lowest BCUT2D eigenvalue weighted by molar-refractivity contribution is -0.137. The molecular weight excluding hydrogens is 256 g/mol. The van der Waals surface area contributed by atoms with Gasteiger partial charge in [0.25, 0.3) is 0 Å². The highest BCUT2D eigenvalue weighted by atomic mass is 79.9. The second-order valence-corrected chi connectivity index (χ2v) is 4.95. The smallest absolute Gasteiger partial charge is 0.307 e. The third-order valence-corrected chi connectivity index (χ3v) is 3.84. The van der Waals surface area contributed by atoms with Crippen LogP contribution >= 0.6 is 15.9 Å². The van der Waals surface area contributed by atoms with Crippen molar-refractivity contribution in [1.29, 1.82) is 0 Å². The third-order valence-electron chi connectivity index (χ3n) is 2.75. The van der Waals surface area contributed by atoms with Crippen LogP contribution < -0.4 is 0 Å². The summed E-state index contributed by atoms with van der Waals surface area (Å²) in [7, 11) is 0. The molecule has 0 spiro atoms. The van der Waals surface area contributed by atoms with E-state index in [0.717, 1.165) is 23.1 Å². The van der Waals surface area contributed by atoms with Crippen molar-refractivity contribution in [2.75, 3.05) is 0 Å². The summed E-state index contributed by atoms with van der Waals surface area (Å²) >= 11 is 3.58. The highest BCUT2D eigenvalue weighted by Gasteiger charge is 2.22. The van der Waals surface area contributed by atoms with Crippen molar-refractivity contribution in [2.24, 2.45) is 5.92 Å². The van der Waals surface area contributed by atoms with E-state index in [9.17, 15) is 4.79 Å². The van der Waals surface area contributed by atoms with Gasteiger partial charge >= 0.3 is 5.97 Å². The van der Waals surface area contributed by atoms with Gasteiger partial charge in [0.05, 0.1) is 0 Å². The predicted molar refractivity (Wildman–Crippen MR) is 64.6 cm³/mol. The molecule has 1 unspecified atom stereocenters. The molecule has 0 aromatic carbocycles. The third kappa shape index (κ3) is 3.98. The number of halogens is 1. The molecule has 0 fully saturated rings. The lowest BCUT2D eigenvalue weighted by atomic mass is 9.90. The maximum Gasteiger partial charge on any atom is 0.307 e. The summed E-state index contributed by atoms with van der Waals surface area (Å²) in [6.07, 6.45) is 6.90. The van der Waals surface area contributed by atoms with Crippen LogP contribution in [0.5, 0.6) is 0 Å². The summed E-state index contributed by atoms with van der Waals surface area (Å²) in [6.45, 7) is 3.66. The SMILES string of the molecule is CCCCC1CCCC(OC(C)=O)=C1Br. The molecule has 0 aromatic rings. The minimum absolute atomic E-state index is 0.210. The number of carbonyl (C=O) groups is 1. The van der Waals surface area contributed by atoms with Gasteiger partial charge in [0, 0.05) is 17.8 Å².